The van der Waals surface area contributed by atoms with E-state index in [0.29, 0.717) is 30.5 Å². The van der Waals surface area contributed by atoms with Crippen LogP contribution >= 0.6 is 0 Å². The monoisotopic (exact) mass is 253 g/mol. The highest BCUT2D eigenvalue weighted by molar-refractivity contribution is 5.85. The van der Waals surface area contributed by atoms with E-state index in [1.54, 1.807) is 0 Å². The number of aromatic carboxylic acids is 1. The molecule has 1 saturated heterocycles. The van der Waals surface area contributed by atoms with E-state index >= 15 is 0 Å². The Morgan fingerprint density at radius 1 is 1.50 bits per heavy atom. The molecule has 5 heteroatoms. The highest BCUT2D eigenvalue weighted by atomic mass is 16.5. The van der Waals surface area contributed by atoms with Gasteiger partial charge in [0.25, 0.3) is 0 Å². The minimum absolute atomic E-state index is 0.0344. The molecule has 5 nitrogen and oxygen atoms in total. The maximum absolute atomic E-state index is 11.1. The van der Waals surface area contributed by atoms with Crippen LogP contribution in [-0.2, 0) is 11.2 Å². The van der Waals surface area contributed by atoms with Gasteiger partial charge in [-0.1, -0.05) is 13.8 Å². The number of hydrogen-bond donors (Lipinski definition) is 1. The van der Waals surface area contributed by atoms with Crippen LogP contribution in [0, 0.1) is 5.92 Å². The molecule has 1 aliphatic heterocycles. The van der Waals surface area contributed by atoms with Crippen LogP contribution in [0.15, 0.2) is 4.42 Å². The molecule has 1 unspecified atom stereocenters. The lowest BCUT2D eigenvalue weighted by Crippen LogP contribution is -2.11. The normalized spacial score (nSPS) is 20.3. The van der Waals surface area contributed by atoms with Gasteiger partial charge in [-0.15, -0.1) is 0 Å². The average molecular weight is 253 g/mol. The summed E-state index contributed by atoms with van der Waals surface area (Å²) in [7, 11) is 0. The van der Waals surface area contributed by atoms with Gasteiger partial charge in [0.05, 0.1) is 5.69 Å². The van der Waals surface area contributed by atoms with Crippen molar-refractivity contribution in [2.24, 2.45) is 5.92 Å². The van der Waals surface area contributed by atoms with Crippen molar-refractivity contribution in [3.63, 3.8) is 0 Å². The fourth-order valence-corrected chi connectivity index (χ4v) is 2.14. The van der Waals surface area contributed by atoms with Crippen LogP contribution in [0.1, 0.15) is 61.4 Å². The first-order valence-corrected chi connectivity index (χ1v) is 6.42. The lowest BCUT2D eigenvalue weighted by atomic mass is 10.1. The zero-order valence-corrected chi connectivity index (χ0v) is 10.8. The third kappa shape index (κ3) is 2.90. The molecule has 1 N–H and O–H groups in total. The number of carboxylic acid groups (broad SMARTS) is 1. The molecule has 0 bridgehead atoms. The van der Waals surface area contributed by atoms with Gasteiger partial charge < -0.3 is 14.3 Å². The van der Waals surface area contributed by atoms with E-state index < -0.39 is 5.97 Å². The summed E-state index contributed by atoms with van der Waals surface area (Å²) in [5.74, 6) is -0.329. The van der Waals surface area contributed by atoms with E-state index in [2.05, 4.69) is 4.98 Å². The lowest BCUT2D eigenvalue weighted by Gasteiger charge is -2.19. The molecule has 0 radical (unpaired) electrons. The second kappa shape index (κ2) is 5.52. The third-order valence-corrected chi connectivity index (χ3v) is 2.96. The van der Waals surface area contributed by atoms with Gasteiger partial charge in [-0.3, -0.25) is 0 Å². The number of oxazole rings is 1. The minimum atomic E-state index is -1.06. The Bertz CT molecular complexity index is 419. The number of nitrogens with zero attached hydrogens (tertiary/aromatic N) is 1. The van der Waals surface area contributed by atoms with Crippen molar-refractivity contribution in [3.8, 4) is 0 Å². The number of aromatic nitrogens is 1. The molecule has 0 aliphatic carbocycles. The van der Waals surface area contributed by atoms with Gasteiger partial charge in [-0.05, 0) is 31.6 Å². The molecule has 2 heterocycles. The van der Waals surface area contributed by atoms with Crippen LogP contribution in [-0.4, -0.2) is 22.7 Å². The summed E-state index contributed by atoms with van der Waals surface area (Å²) in [5, 5.41) is 9.12. The maximum Gasteiger partial charge on any atom is 0.373 e. The Kier molecular flexibility index (Phi) is 4.01. The average Bonchev–Trinajstić information content (AvgIpc) is 2.73. The molecular weight excluding hydrogens is 234 g/mol. The van der Waals surface area contributed by atoms with Crippen molar-refractivity contribution in [3.05, 3.63) is 17.3 Å². The summed E-state index contributed by atoms with van der Waals surface area (Å²) in [6.07, 6.45) is 3.38. The van der Waals surface area contributed by atoms with Gasteiger partial charge in [0.1, 0.15) is 6.10 Å². The number of ether oxygens (including phenoxy) is 1. The SMILES string of the molecule is CC(C)Cc1nc(C2CCCCO2)oc1C(=O)O. The molecule has 100 valence electrons. The van der Waals surface area contributed by atoms with Crippen LogP contribution in [0.2, 0.25) is 0 Å². The molecule has 18 heavy (non-hydrogen) atoms. The van der Waals surface area contributed by atoms with Gasteiger partial charge in [-0.2, -0.15) is 0 Å². The highest BCUT2D eigenvalue weighted by Crippen LogP contribution is 2.29. The van der Waals surface area contributed by atoms with Crippen LogP contribution in [0.3, 0.4) is 0 Å². The van der Waals surface area contributed by atoms with Gasteiger partial charge in [0, 0.05) is 6.61 Å². The standard InChI is InChI=1S/C13H19NO4/c1-8(2)7-9-11(13(15)16)18-12(14-9)10-5-3-4-6-17-10/h8,10H,3-7H2,1-2H3,(H,15,16). The van der Waals surface area contributed by atoms with Crippen molar-refractivity contribution >= 4 is 5.97 Å². The third-order valence-electron chi connectivity index (χ3n) is 2.96. The van der Waals surface area contributed by atoms with Crippen LogP contribution in [0.25, 0.3) is 0 Å². The smallest absolute Gasteiger partial charge is 0.373 e. The van der Waals surface area contributed by atoms with Crippen LogP contribution in [0.5, 0.6) is 0 Å². The predicted molar refractivity (Wildman–Crippen MR) is 64.5 cm³/mol. The molecule has 0 aromatic carbocycles. The van der Waals surface area contributed by atoms with Crippen LogP contribution < -0.4 is 0 Å². The number of rotatable bonds is 4. The molecule has 0 amide bonds. The van der Waals surface area contributed by atoms with Gasteiger partial charge >= 0.3 is 5.97 Å². The summed E-state index contributed by atoms with van der Waals surface area (Å²) in [6.45, 7) is 4.74. The summed E-state index contributed by atoms with van der Waals surface area (Å²) in [6, 6.07) is 0. The van der Waals surface area contributed by atoms with Crippen molar-refractivity contribution in [2.45, 2.75) is 45.6 Å². The summed E-state index contributed by atoms with van der Waals surface area (Å²) < 4.78 is 10.9. The Hall–Kier alpha value is -1.36. The Balaban J connectivity index is 2.23. The molecule has 2 rings (SSSR count). The van der Waals surface area contributed by atoms with E-state index in [1.807, 2.05) is 13.8 Å². The summed E-state index contributed by atoms with van der Waals surface area (Å²) >= 11 is 0. The Morgan fingerprint density at radius 3 is 2.83 bits per heavy atom. The van der Waals surface area contributed by atoms with E-state index in [-0.39, 0.29) is 11.9 Å². The van der Waals surface area contributed by atoms with Gasteiger partial charge in [0.2, 0.25) is 11.7 Å². The number of carbonyl (C=O) groups is 1. The molecule has 1 atom stereocenters. The van der Waals surface area contributed by atoms with Gasteiger partial charge in [0.15, 0.2) is 0 Å². The second-order valence-corrected chi connectivity index (χ2v) is 5.09. The first-order valence-electron chi connectivity index (χ1n) is 6.42. The van der Waals surface area contributed by atoms with E-state index in [1.165, 1.54) is 0 Å². The number of carboxylic acids is 1. The first-order chi connectivity index (χ1) is 8.58. The van der Waals surface area contributed by atoms with E-state index in [0.717, 1.165) is 19.3 Å². The van der Waals surface area contributed by atoms with E-state index in [4.69, 9.17) is 14.3 Å². The quantitative estimate of drug-likeness (QED) is 0.893. The second-order valence-electron chi connectivity index (χ2n) is 5.09. The Labute approximate surface area is 106 Å². The zero-order chi connectivity index (χ0) is 13.1. The Morgan fingerprint density at radius 2 is 2.28 bits per heavy atom. The van der Waals surface area contributed by atoms with Crippen molar-refractivity contribution in [1.29, 1.82) is 0 Å². The van der Waals surface area contributed by atoms with E-state index in [9.17, 15) is 4.79 Å². The van der Waals surface area contributed by atoms with Crippen molar-refractivity contribution in [1.82, 2.24) is 4.98 Å². The number of hydrogen-bond acceptors (Lipinski definition) is 4. The maximum atomic E-state index is 11.1. The molecule has 1 aromatic heterocycles. The fourth-order valence-electron chi connectivity index (χ4n) is 2.14. The lowest BCUT2D eigenvalue weighted by molar-refractivity contribution is -0.00229. The highest BCUT2D eigenvalue weighted by Gasteiger charge is 2.26. The predicted octanol–water partition coefficient (Wildman–Crippen LogP) is 2.81. The van der Waals surface area contributed by atoms with Crippen LogP contribution in [0.4, 0.5) is 0 Å². The summed E-state index contributed by atoms with van der Waals surface area (Å²) in [5.41, 5.74) is 0.529. The largest absolute Gasteiger partial charge is 0.475 e. The van der Waals surface area contributed by atoms with Gasteiger partial charge in [-0.25, -0.2) is 9.78 Å². The minimum Gasteiger partial charge on any atom is -0.475 e. The zero-order valence-electron chi connectivity index (χ0n) is 10.8. The van der Waals surface area contributed by atoms with Crippen molar-refractivity contribution in [2.75, 3.05) is 6.61 Å². The summed E-state index contributed by atoms with van der Waals surface area (Å²) in [4.78, 5) is 15.4. The first kappa shape index (κ1) is 13.1. The molecular formula is C13H19NO4. The molecule has 1 fully saturated rings. The molecule has 1 aliphatic rings. The molecule has 0 spiro atoms. The topological polar surface area (TPSA) is 72.6 Å². The molecule has 1 aromatic rings. The fraction of sp³-hybridized carbons (Fsp3) is 0.692. The molecule has 0 saturated carbocycles. The van der Waals surface area contributed by atoms with Crippen molar-refractivity contribution < 1.29 is 19.1 Å².